The Balaban J connectivity index is 1.80. The standard InChI is InChI=1S/C26H30FN5O4S/c1-5-36-19-14-17(13-18(27)15-19)21-9-8-20(24(30-21)32-12-10-16(2)26(32,3)4)25(33)31-37(34,35)22-7-6-11-29-23(22)28/h6-9,11,13-16H,5,10,12H2,1-4H3,(H2,28,29)(H,31,33). The molecule has 11 heteroatoms. The molecule has 1 aliphatic heterocycles. The van der Waals surface area contributed by atoms with Crippen LogP contribution in [0.2, 0.25) is 0 Å². The molecule has 0 saturated carbocycles. The van der Waals surface area contributed by atoms with Gasteiger partial charge in [-0.1, -0.05) is 6.92 Å². The number of benzene rings is 1. The van der Waals surface area contributed by atoms with E-state index >= 15 is 0 Å². The van der Waals surface area contributed by atoms with Crippen molar-refractivity contribution in [1.82, 2.24) is 14.7 Å². The minimum Gasteiger partial charge on any atom is -0.494 e. The van der Waals surface area contributed by atoms with Gasteiger partial charge in [0.05, 0.1) is 17.9 Å². The van der Waals surface area contributed by atoms with Gasteiger partial charge in [-0.05, 0) is 69.5 Å². The zero-order chi connectivity index (χ0) is 27.0. The van der Waals surface area contributed by atoms with E-state index in [1.54, 1.807) is 19.1 Å². The van der Waals surface area contributed by atoms with Gasteiger partial charge in [0.25, 0.3) is 15.9 Å². The maximum Gasteiger partial charge on any atom is 0.268 e. The second-order valence-corrected chi connectivity index (χ2v) is 11.1. The molecule has 1 saturated heterocycles. The highest BCUT2D eigenvalue weighted by molar-refractivity contribution is 7.90. The molecule has 196 valence electrons. The lowest BCUT2D eigenvalue weighted by Crippen LogP contribution is -2.43. The van der Waals surface area contributed by atoms with Gasteiger partial charge >= 0.3 is 0 Å². The van der Waals surface area contributed by atoms with Gasteiger partial charge in [-0.25, -0.2) is 27.5 Å². The maximum absolute atomic E-state index is 14.3. The molecule has 1 unspecified atom stereocenters. The van der Waals surface area contributed by atoms with Crippen molar-refractivity contribution >= 4 is 27.6 Å². The van der Waals surface area contributed by atoms with Gasteiger partial charge in [0.2, 0.25) is 0 Å². The summed E-state index contributed by atoms with van der Waals surface area (Å²) in [6.07, 6.45) is 2.22. The summed E-state index contributed by atoms with van der Waals surface area (Å²) in [5.74, 6) is -0.615. The lowest BCUT2D eigenvalue weighted by Gasteiger charge is -2.36. The molecule has 0 bridgehead atoms. The predicted molar refractivity (Wildman–Crippen MR) is 139 cm³/mol. The molecule has 3 N–H and O–H groups in total. The number of carbonyl (C=O) groups excluding carboxylic acids is 1. The summed E-state index contributed by atoms with van der Waals surface area (Å²) in [5, 5.41) is 0. The molecule has 1 atom stereocenters. The summed E-state index contributed by atoms with van der Waals surface area (Å²) in [7, 11) is -4.30. The van der Waals surface area contributed by atoms with Gasteiger partial charge in [0.15, 0.2) is 0 Å². The van der Waals surface area contributed by atoms with Crippen LogP contribution in [-0.4, -0.2) is 43.0 Å². The summed E-state index contributed by atoms with van der Waals surface area (Å²) in [5.41, 5.74) is 6.32. The molecule has 1 fully saturated rings. The lowest BCUT2D eigenvalue weighted by molar-refractivity contribution is 0.0981. The number of rotatable bonds is 7. The van der Waals surface area contributed by atoms with E-state index in [0.717, 1.165) is 6.42 Å². The monoisotopic (exact) mass is 527 g/mol. The number of nitrogens with one attached hydrogen (secondary N) is 1. The van der Waals surface area contributed by atoms with E-state index in [0.29, 0.717) is 36.0 Å². The first-order valence-corrected chi connectivity index (χ1v) is 13.4. The summed E-state index contributed by atoms with van der Waals surface area (Å²) in [6, 6.07) is 10.0. The van der Waals surface area contributed by atoms with Crippen LogP contribution in [0.1, 0.15) is 44.5 Å². The minimum atomic E-state index is -4.30. The molecule has 0 aliphatic carbocycles. The Morgan fingerprint density at radius 2 is 2.03 bits per heavy atom. The number of anilines is 2. The van der Waals surface area contributed by atoms with Crippen LogP contribution < -0.4 is 20.1 Å². The number of ether oxygens (including phenoxy) is 1. The second kappa shape index (κ2) is 9.97. The van der Waals surface area contributed by atoms with Gasteiger partial charge in [-0.2, -0.15) is 0 Å². The molecule has 0 spiro atoms. The zero-order valence-corrected chi connectivity index (χ0v) is 22.0. The molecule has 9 nitrogen and oxygen atoms in total. The SMILES string of the molecule is CCOc1cc(F)cc(-c2ccc(C(=O)NS(=O)(=O)c3cccnc3N)c(N3CCC(C)C3(C)C)n2)c1. The first-order valence-electron chi connectivity index (χ1n) is 11.9. The van der Waals surface area contributed by atoms with Crippen LogP contribution in [0.25, 0.3) is 11.3 Å². The highest BCUT2D eigenvalue weighted by Gasteiger charge is 2.41. The second-order valence-electron chi connectivity index (χ2n) is 9.49. The molecule has 1 aliphatic rings. The number of nitrogen functional groups attached to an aromatic ring is 1. The molecule has 3 heterocycles. The van der Waals surface area contributed by atoms with Crippen LogP contribution >= 0.6 is 0 Å². The summed E-state index contributed by atoms with van der Waals surface area (Å²) >= 11 is 0. The maximum atomic E-state index is 14.3. The number of amides is 1. The number of nitrogens with zero attached hydrogens (tertiary/aromatic N) is 3. The normalized spacial score (nSPS) is 17.0. The van der Waals surface area contributed by atoms with Crippen LogP contribution in [0, 0.1) is 11.7 Å². The third kappa shape index (κ3) is 5.22. The van der Waals surface area contributed by atoms with Crippen LogP contribution in [0.15, 0.2) is 53.6 Å². The fourth-order valence-electron chi connectivity index (χ4n) is 4.42. The molecular weight excluding hydrogens is 497 g/mol. The van der Waals surface area contributed by atoms with Crippen molar-refractivity contribution in [2.45, 2.75) is 44.6 Å². The number of sulfonamides is 1. The Kier molecular flexibility index (Phi) is 7.09. The Bertz CT molecular complexity index is 1440. The Labute approximate surface area is 215 Å². The molecule has 3 aromatic rings. The van der Waals surface area contributed by atoms with Gasteiger partial charge in [0.1, 0.15) is 28.1 Å². The molecule has 2 aromatic heterocycles. The van der Waals surface area contributed by atoms with Gasteiger partial charge < -0.3 is 15.4 Å². The molecular formula is C26H30FN5O4S. The number of aromatic nitrogens is 2. The van der Waals surface area contributed by atoms with E-state index in [4.69, 9.17) is 15.5 Å². The zero-order valence-electron chi connectivity index (χ0n) is 21.2. The predicted octanol–water partition coefficient (Wildman–Crippen LogP) is 4.01. The first kappa shape index (κ1) is 26.3. The molecule has 1 aromatic carbocycles. The molecule has 0 radical (unpaired) electrons. The summed E-state index contributed by atoms with van der Waals surface area (Å²) < 4.78 is 47.8. The van der Waals surface area contributed by atoms with E-state index in [1.807, 2.05) is 18.7 Å². The highest BCUT2D eigenvalue weighted by Crippen LogP contribution is 2.39. The Hall–Kier alpha value is -3.73. The van der Waals surface area contributed by atoms with Crippen molar-refractivity contribution in [3.63, 3.8) is 0 Å². The summed E-state index contributed by atoms with van der Waals surface area (Å²) in [6.45, 7) is 8.99. The number of nitrogens with two attached hydrogens (primary N) is 1. The van der Waals surface area contributed by atoms with Crippen molar-refractivity contribution in [1.29, 1.82) is 0 Å². The molecule has 37 heavy (non-hydrogen) atoms. The van der Waals surface area contributed by atoms with Gasteiger partial charge in [-0.15, -0.1) is 0 Å². The minimum absolute atomic E-state index is 0.0680. The smallest absolute Gasteiger partial charge is 0.268 e. The van der Waals surface area contributed by atoms with E-state index < -0.39 is 21.7 Å². The average molecular weight is 528 g/mol. The van der Waals surface area contributed by atoms with E-state index in [1.165, 1.54) is 36.5 Å². The van der Waals surface area contributed by atoms with Crippen molar-refractivity contribution in [2.75, 3.05) is 23.8 Å². The van der Waals surface area contributed by atoms with E-state index in [2.05, 4.69) is 16.6 Å². The number of hydrogen-bond donors (Lipinski definition) is 2. The average Bonchev–Trinajstić information content (AvgIpc) is 3.10. The van der Waals surface area contributed by atoms with Crippen LogP contribution in [0.3, 0.4) is 0 Å². The van der Waals surface area contributed by atoms with Crippen molar-refractivity contribution in [3.8, 4) is 17.0 Å². The van der Waals surface area contributed by atoms with Crippen LogP contribution in [0.5, 0.6) is 5.75 Å². The number of pyridine rings is 2. The van der Waals surface area contributed by atoms with E-state index in [-0.39, 0.29) is 27.7 Å². The quantitative estimate of drug-likeness (QED) is 0.472. The molecule has 1 amide bonds. The van der Waals surface area contributed by atoms with Gasteiger partial charge in [-0.3, -0.25) is 4.79 Å². The van der Waals surface area contributed by atoms with Gasteiger partial charge in [0, 0.05) is 29.9 Å². The number of hydrogen-bond acceptors (Lipinski definition) is 8. The third-order valence-electron chi connectivity index (χ3n) is 6.86. The largest absolute Gasteiger partial charge is 0.494 e. The van der Waals surface area contributed by atoms with Crippen molar-refractivity contribution in [3.05, 3.63) is 60.0 Å². The lowest BCUT2D eigenvalue weighted by atomic mass is 9.90. The van der Waals surface area contributed by atoms with Crippen molar-refractivity contribution in [2.24, 2.45) is 5.92 Å². The topological polar surface area (TPSA) is 128 Å². The molecule has 4 rings (SSSR count). The van der Waals surface area contributed by atoms with Crippen molar-refractivity contribution < 1.29 is 22.3 Å². The summed E-state index contributed by atoms with van der Waals surface area (Å²) in [4.78, 5) is 23.6. The highest BCUT2D eigenvalue weighted by atomic mass is 32.2. The van der Waals surface area contributed by atoms with Crippen LogP contribution in [-0.2, 0) is 10.0 Å². The number of halogens is 1. The van der Waals surface area contributed by atoms with E-state index in [9.17, 15) is 17.6 Å². The van der Waals surface area contributed by atoms with Crippen LogP contribution in [0.4, 0.5) is 16.0 Å². The fraction of sp³-hybridized carbons (Fsp3) is 0.346. The Morgan fingerprint density at radius 1 is 1.27 bits per heavy atom. The third-order valence-corrected chi connectivity index (χ3v) is 8.24. The fourth-order valence-corrected chi connectivity index (χ4v) is 5.47. The first-order chi connectivity index (χ1) is 17.4. The Morgan fingerprint density at radius 3 is 2.68 bits per heavy atom. The number of carbonyl (C=O) groups is 1.